The Balaban J connectivity index is 1.70. The zero-order valence-corrected chi connectivity index (χ0v) is 13.1. The van der Waals surface area contributed by atoms with E-state index in [-0.39, 0.29) is 0 Å². The predicted molar refractivity (Wildman–Crippen MR) is 93.9 cm³/mol. The van der Waals surface area contributed by atoms with Gasteiger partial charge in [-0.3, -0.25) is 0 Å². The largest absolute Gasteiger partial charge is 0.438 e. The lowest BCUT2D eigenvalue weighted by Gasteiger charge is -1.99. The molecule has 5 nitrogen and oxygen atoms in total. The highest BCUT2D eigenvalue weighted by Gasteiger charge is 2.29. The van der Waals surface area contributed by atoms with Gasteiger partial charge in [0.1, 0.15) is 16.8 Å². The first-order valence-corrected chi connectivity index (χ1v) is 8.05. The van der Waals surface area contributed by atoms with Crippen LogP contribution >= 0.6 is 0 Å². The molecule has 25 heavy (non-hydrogen) atoms. The lowest BCUT2D eigenvalue weighted by atomic mass is 10.1. The topological polar surface area (TPSA) is 39.2 Å². The van der Waals surface area contributed by atoms with Gasteiger partial charge in [0.25, 0.3) is 0 Å². The highest BCUT2D eigenvalue weighted by atomic mass is 16.3. The van der Waals surface area contributed by atoms with E-state index in [9.17, 15) is 0 Å². The van der Waals surface area contributed by atoms with Crippen molar-refractivity contribution in [1.29, 1.82) is 0 Å². The predicted octanol–water partition coefficient (Wildman–Crippen LogP) is 4.12. The fourth-order valence-corrected chi connectivity index (χ4v) is 3.82. The van der Waals surface area contributed by atoms with Gasteiger partial charge in [-0.15, -0.1) is 9.36 Å². The van der Waals surface area contributed by atoms with E-state index in [1.807, 2.05) is 30.3 Å². The normalized spacial score (nSPS) is 12.6. The minimum absolute atomic E-state index is 0.650. The molecule has 116 valence electrons. The van der Waals surface area contributed by atoms with Gasteiger partial charge in [-0.25, -0.2) is 9.83 Å². The van der Waals surface area contributed by atoms with Crippen molar-refractivity contribution >= 4 is 38.7 Å². The van der Waals surface area contributed by atoms with Crippen molar-refractivity contribution in [2.45, 2.75) is 6.54 Å². The summed E-state index contributed by atoms with van der Waals surface area (Å²) in [5, 5.41) is 3.27. The van der Waals surface area contributed by atoms with E-state index in [2.05, 4.69) is 37.5 Å². The van der Waals surface area contributed by atoms with Crippen molar-refractivity contribution in [3.8, 4) is 5.69 Å². The number of fused-ring (bicyclic) bond motifs is 8. The van der Waals surface area contributed by atoms with Gasteiger partial charge in [-0.1, -0.05) is 12.1 Å². The second kappa shape index (κ2) is 4.25. The summed E-state index contributed by atoms with van der Waals surface area (Å²) in [5.41, 5.74) is 5.54. The van der Waals surface area contributed by atoms with E-state index in [1.54, 1.807) is 6.20 Å². The molecule has 0 fully saturated rings. The molecule has 0 aliphatic carbocycles. The van der Waals surface area contributed by atoms with E-state index >= 15 is 0 Å². The third kappa shape index (κ3) is 1.56. The first-order chi connectivity index (χ1) is 12.3. The third-order valence-corrected chi connectivity index (χ3v) is 4.93. The first kappa shape index (κ1) is 12.7. The Morgan fingerprint density at radius 2 is 2.12 bits per heavy atom. The number of aromatic nitrogens is 3. The first-order valence-electron chi connectivity index (χ1n) is 8.05. The summed E-state index contributed by atoms with van der Waals surface area (Å²) in [7, 11) is 0. The van der Waals surface area contributed by atoms with Gasteiger partial charge >= 0.3 is 0 Å². The molecule has 5 aromatic rings. The molecule has 4 heterocycles. The molecule has 5 heteroatoms. The van der Waals surface area contributed by atoms with Crippen molar-refractivity contribution < 1.29 is 9.10 Å². The Bertz CT molecular complexity index is 1380. The lowest BCUT2D eigenvalue weighted by Crippen LogP contribution is -2.36. The number of furan rings is 1. The Morgan fingerprint density at radius 3 is 3.04 bits per heavy atom. The van der Waals surface area contributed by atoms with Crippen molar-refractivity contribution in [3.63, 3.8) is 0 Å². The van der Waals surface area contributed by atoms with Gasteiger partial charge in [0.2, 0.25) is 11.9 Å². The second-order valence-corrected chi connectivity index (χ2v) is 6.33. The Morgan fingerprint density at radius 1 is 1.16 bits per heavy atom. The standard InChI is InChI=1S/C20H11N4O/c1-21-14-5-4-12-10-23-11-13-7-16-15-3-2-6-22-20(15)25-19(16)9-18(13)24(23)17(12)8-14/h2-10H,11H2/q+1. The van der Waals surface area contributed by atoms with E-state index < -0.39 is 0 Å². The molecule has 0 saturated carbocycles. The van der Waals surface area contributed by atoms with E-state index in [0.29, 0.717) is 11.4 Å². The minimum atomic E-state index is 0.650. The van der Waals surface area contributed by atoms with Crippen LogP contribution in [0, 0.1) is 6.57 Å². The Labute approximate surface area is 142 Å². The molecule has 0 N–H and O–H groups in total. The maximum absolute atomic E-state index is 7.27. The summed E-state index contributed by atoms with van der Waals surface area (Å²) < 4.78 is 10.3. The average Bonchev–Trinajstić information content (AvgIpc) is 3.28. The van der Waals surface area contributed by atoms with Crippen molar-refractivity contribution in [1.82, 2.24) is 9.67 Å². The van der Waals surface area contributed by atoms with Gasteiger partial charge in [-0.05, 0) is 24.3 Å². The molecular weight excluding hydrogens is 312 g/mol. The van der Waals surface area contributed by atoms with Gasteiger partial charge in [0.05, 0.1) is 12.0 Å². The fourth-order valence-electron chi connectivity index (χ4n) is 3.82. The zero-order chi connectivity index (χ0) is 16.5. The summed E-state index contributed by atoms with van der Waals surface area (Å²) in [4.78, 5) is 7.88. The molecule has 0 amide bonds. The maximum atomic E-state index is 7.27. The van der Waals surface area contributed by atoms with Crippen molar-refractivity contribution in [2.75, 3.05) is 0 Å². The lowest BCUT2D eigenvalue weighted by molar-refractivity contribution is -0.749. The molecule has 0 radical (unpaired) electrons. The van der Waals surface area contributed by atoms with Crippen LogP contribution in [0.5, 0.6) is 0 Å². The third-order valence-electron chi connectivity index (χ3n) is 4.93. The Hall–Kier alpha value is -3.65. The highest BCUT2D eigenvalue weighted by molar-refractivity contribution is 6.04. The molecule has 3 aromatic heterocycles. The number of hydrogen-bond acceptors (Lipinski definition) is 2. The summed E-state index contributed by atoms with van der Waals surface area (Å²) in [6.45, 7) is 8.08. The van der Waals surface area contributed by atoms with Crippen LogP contribution in [0.4, 0.5) is 5.69 Å². The minimum Gasteiger partial charge on any atom is -0.438 e. The summed E-state index contributed by atoms with van der Waals surface area (Å²) in [6, 6.07) is 14.1. The molecule has 1 aliphatic rings. The number of benzene rings is 2. The molecular formula is C20H11N4O+. The van der Waals surface area contributed by atoms with Crippen LogP contribution in [0.3, 0.4) is 0 Å². The molecule has 6 rings (SSSR count). The molecule has 0 bridgehead atoms. The van der Waals surface area contributed by atoms with E-state index in [1.165, 1.54) is 5.56 Å². The second-order valence-electron chi connectivity index (χ2n) is 6.33. The average molecular weight is 323 g/mol. The van der Waals surface area contributed by atoms with Gasteiger partial charge in [0.15, 0.2) is 12.2 Å². The van der Waals surface area contributed by atoms with Crippen molar-refractivity contribution in [3.05, 3.63) is 71.8 Å². The fraction of sp³-hybridized carbons (Fsp3) is 0.0500. The van der Waals surface area contributed by atoms with Crippen LogP contribution in [0.2, 0.25) is 0 Å². The number of hydrogen-bond donors (Lipinski definition) is 0. The van der Waals surface area contributed by atoms with Gasteiger partial charge < -0.3 is 4.42 Å². The SMILES string of the molecule is [C-]#[N+]c1ccc2c[n+]3n(c2c1)-c1cc2oc4ncccc4c2cc1C3. The van der Waals surface area contributed by atoms with Crippen molar-refractivity contribution in [2.24, 2.45) is 0 Å². The Kier molecular flexibility index (Phi) is 2.16. The molecule has 0 atom stereocenters. The molecule has 0 unspecified atom stereocenters. The maximum Gasteiger partial charge on any atom is 0.227 e. The smallest absolute Gasteiger partial charge is 0.227 e. The summed E-state index contributed by atoms with van der Waals surface area (Å²) in [5.74, 6) is 0. The highest BCUT2D eigenvalue weighted by Crippen LogP contribution is 2.34. The van der Waals surface area contributed by atoms with E-state index in [0.717, 1.165) is 39.5 Å². The number of nitrogens with zero attached hydrogens (tertiary/aromatic N) is 4. The van der Waals surface area contributed by atoms with Crippen LogP contribution in [0.1, 0.15) is 5.56 Å². The summed E-state index contributed by atoms with van der Waals surface area (Å²) >= 11 is 0. The van der Waals surface area contributed by atoms with Crippen LogP contribution in [0.15, 0.2) is 59.3 Å². The van der Waals surface area contributed by atoms with Gasteiger partial charge in [0, 0.05) is 28.6 Å². The number of rotatable bonds is 0. The zero-order valence-electron chi connectivity index (χ0n) is 13.1. The number of pyridine rings is 1. The van der Waals surface area contributed by atoms with Crippen LogP contribution in [-0.4, -0.2) is 9.67 Å². The van der Waals surface area contributed by atoms with E-state index in [4.69, 9.17) is 11.0 Å². The summed E-state index contributed by atoms with van der Waals surface area (Å²) in [6.07, 6.45) is 3.88. The monoisotopic (exact) mass is 323 g/mol. The quantitative estimate of drug-likeness (QED) is 0.311. The van der Waals surface area contributed by atoms with Gasteiger partial charge in [-0.2, -0.15) is 0 Å². The molecule has 2 aromatic carbocycles. The molecule has 0 saturated heterocycles. The van der Waals surface area contributed by atoms with Crippen LogP contribution in [0.25, 0.3) is 43.5 Å². The molecule has 0 spiro atoms. The van der Waals surface area contributed by atoms with Crippen LogP contribution < -0.4 is 4.68 Å². The van der Waals surface area contributed by atoms with Crippen LogP contribution in [-0.2, 0) is 6.54 Å². The molecule has 1 aliphatic heterocycles.